The van der Waals surface area contributed by atoms with Crippen LogP contribution in [0.2, 0.25) is 0 Å². The van der Waals surface area contributed by atoms with Gasteiger partial charge in [-0.25, -0.2) is 0 Å². The Balaban J connectivity index is -0.000000218. The molecule has 0 fully saturated rings. The third kappa shape index (κ3) is 31.4. The summed E-state index contributed by atoms with van der Waals surface area (Å²) in [6.45, 7) is 0. The minimum Gasteiger partial charge on any atom is -0.550 e. The monoisotopic (exact) mass is 334 g/mol. The summed E-state index contributed by atoms with van der Waals surface area (Å²) in [6.07, 6.45) is -1.88. The smallest absolute Gasteiger partial charge is 0.550 e. The Morgan fingerprint density at radius 3 is 0.706 bits per heavy atom. The fourth-order valence-corrected chi connectivity index (χ4v) is 0.408. The van der Waals surface area contributed by atoms with Crippen LogP contribution in [-0.2, 0) is 38.7 Å². The maximum absolute atomic E-state index is 9.50. The van der Waals surface area contributed by atoms with Crippen molar-refractivity contribution in [1.29, 1.82) is 0 Å². The standard InChI is InChI=1S/2C4H6O4.Ru/c2*5-3(6)1-2-4(7)8;/h2*1-2H2,(H,5,6)(H,7,8);/q;;+4/p-4. The summed E-state index contributed by atoms with van der Waals surface area (Å²) < 4.78 is 0. The molecular weight excluding hydrogens is 325 g/mol. The predicted molar refractivity (Wildman–Crippen MR) is 38.5 cm³/mol. The molecule has 96 valence electrons. The molecule has 0 aromatic carbocycles. The quantitative estimate of drug-likeness (QED) is 0.435. The van der Waals surface area contributed by atoms with E-state index in [1.54, 1.807) is 0 Å². The SMILES string of the molecule is O=C([O-])CCC(=O)[O-].O=C([O-])CCC(=O)[O-].[Ru+4]. The Morgan fingerprint density at radius 2 is 0.647 bits per heavy atom. The van der Waals surface area contributed by atoms with Gasteiger partial charge in [-0.15, -0.1) is 0 Å². The molecule has 0 aliphatic heterocycles. The fourth-order valence-electron chi connectivity index (χ4n) is 0.408. The van der Waals surface area contributed by atoms with E-state index >= 15 is 0 Å². The zero-order valence-corrected chi connectivity index (χ0v) is 10.2. The molecule has 0 amide bonds. The largest absolute Gasteiger partial charge is 4.00 e. The predicted octanol–water partition coefficient (Wildman–Crippen LogP) is -5.47. The zero-order chi connectivity index (χ0) is 13.1. The van der Waals surface area contributed by atoms with Crippen molar-refractivity contribution in [1.82, 2.24) is 0 Å². The molecule has 0 aliphatic rings. The normalized spacial score (nSPS) is 8.00. The molecule has 0 rings (SSSR count). The first kappa shape index (κ1) is 20.9. The Morgan fingerprint density at radius 1 is 0.529 bits per heavy atom. The molecule has 0 aliphatic carbocycles. The van der Waals surface area contributed by atoms with Crippen LogP contribution in [0.1, 0.15) is 25.7 Å². The Kier molecular flexibility index (Phi) is 15.4. The van der Waals surface area contributed by atoms with Gasteiger partial charge in [-0.2, -0.15) is 0 Å². The molecule has 0 N–H and O–H groups in total. The molecule has 0 bridgehead atoms. The zero-order valence-electron chi connectivity index (χ0n) is 8.45. The van der Waals surface area contributed by atoms with E-state index in [2.05, 4.69) is 0 Å². The van der Waals surface area contributed by atoms with E-state index in [0.29, 0.717) is 0 Å². The summed E-state index contributed by atoms with van der Waals surface area (Å²) in [7, 11) is 0. The van der Waals surface area contributed by atoms with Crippen LogP contribution in [0.15, 0.2) is 0 Å². The molecule has 0 atom stereocenters. The van der Waals surface area contributed by atoms with Crippen molar-refractivity contribution in [2.24, 2.45) is 0 Å². The number of carbonyl (C=O) groups is 4. The maximum Gasteiger partial charge on any atom is 4.00 e. The van der Waals surface area contributed by atoms with Crippen molar-refractivity contribution < 1.29 is 59.1 Å². The minimum atomic E-state index is -1.37. The molecular formula is C8H8O8Ru. The van der Waals surface area contributed by atoms with Crippen molar-refractivity contribution in [3.63, 3.8) is 0 Å². The molecule has 0 aromatic heterocycles. The Hall–Kier alpha value is -1.50. The average Bonchev–Trinajstić information content (AvgIpc) is 2.12. The van der Waals surface area contributed by atoms with Crippen molar-refractivity contribution >= 4 is 23.9 Å². The first-order valence-corrected chi connectivity index (χ1v) is 4.05. The van der Waals surface area contributed by atoms with E-state index in [0.717, 1.165) is 0 Å². The van der Waals surface area contributed by atoms with Gasteiger partial charge in [0.15, 0.2) is 0 Å². The third-order valence-corrected chi connectivity index (χ3v) is 1.07. The number of carboxylic acids is 4. The van der Waals surface area contributed by atoms with E-state index < -0.39 is 49.6 Å². The maximum atomic E-state index is 9.50. The third-order valence-electron chi connectivity index (χ3n) is 1.07. The molecule has 0 aromatic rings. The summed E-state index contributed by atoms with van der Waals surface area (Å²) in [6, 6.07) is 0. The molecule has 17 heavy (non-hydrogen) atoms. The van der Waals surface area contributed by atoms with Crippen molar-refractivity contribution in [2.75, 3.05) is 0 Å². The minimum absolute atomic E-state index is 0. The van der Waals surface area contributed by atoms with Crippen LogP contribution in [0.5, 0.6) is 0 Å². The van der Waals surface area contributed by atoms with Gasteiger partial charge in [0, 0.05) is 23.9 Å². The van der Waals surface area contributed by atoms with E-state index in [4.69, 9.17) is 0 Å². The number of aliphatic carboxylic acids is 4. The topological polar surface area (TPSA) is 161 Å². The van der Waals surface area contributed by atoms with Crippen LogP contribution in [0.3, 0.4) is 0 Å². The number of hydrogen-bond acceptors (Lipinski definition) is 8. The molecule has 0 radical (unpaired) electrons. The van der Waals surface area contributed by atoms with E-state index in [-0.39, 0.29) is 19.5 Å². The fraction of sp³-hybridized carbons (Fsp3) is 0.500. The molecule has 0 saturated heterocycles. The number of carboxylic acid groups (broad SMARTS) is 4. The van der Waals surface area contributed by atoms with Crippen LogP contribution in [-0.4, -0.2) is 23.9 Å². The number of carbonyl (C=O) groups excluding carboxylic acids is 4. The van der Waals surface area contributed by atoms with Gasteiger partial charge in [0.2, 0.25) is 0 Å². The second-order valence-corrected chi connectivity index (χ2v) is 2.49. The van der Waals surface area contributed by atoms with E-state index in [1.165, 1.54) is 0 Å². The summed E-state index contributed by atoms with van der Waals surface area (Å²) >= 11 is 0. The molecule has 0 spiro atoms. The van der Waals surface area contributed by atoms with Gasteiger partial charge in [-0.05, 0) is 25.7 Å². The van der Waals surface area contributed by atoms with E-state index in [1.807, 2.05) is 0 Å². The van der Waals surface area contributed by atoms with Gasteiger partial charge in [0.1, 0.15) is 0 Å². The second-order valence-electron chi connectivity index (χ2n) is 2.49. The first-order valence-electron chi connectivity index (χ1n) is 4.05. The summed E-state index contributed by atoms with van der Waals surface area (Å²) in [5.74, 6) is -5.47. The Bertz CT molecular complexity index is 219. The second kappa shape index (κ2) is 12.6. The summed E-state index contributed by atoms with van der Waals surface area (Å²) in [5.41, 5.74) is 0. The molecule has 9 heteroatoms. The van der Waals surface area contributed by atoms with Gasteiger partial charge in [-0.1, -0.05) is 0 Å². The van der Waals surface area contributed by atoms with Gasteiger partial charge >= 0.3 is 19.5 Å². The van der Waals surface area contributed by atoms with Crippen molar-refractivity contribution in [2.45, 2.75) is 25.7 Å². The summed E-state index contributed by atoms with van der Waals surface area (Å²) in [4.78, 5) is 38.0. The van der Waals surface area contributed by atoms with Crippen LogP contribution in [0.4, 0.5) is 0 Å². The van der Waals surface area contributed by atoms with Crippen molar-refractivity contribution in [3.8, 4) is 0 Å². The van der Waals surface area contributed by atoms with Crippen LogP contribution in [0, 0.1) is 0 Å². The van der Waals surface area contributed by atoms with Gasteiger partial charge in [0.05, 0.1) is 0 Å². The Labute approximate surface area is 109 Å². The van der Waals surface area contributed by atoms with E-state index in [9.17, 15) is 39.6 Å². The average molecular weight is 333 g/mol. The van der Waals surface area contributed by atoms with Crippen LogP contribution >= 0.6 is 0 Å². The van der Waals surface area contributed by atoms with Gasteiger partial charge < -0.3 is 39.6 Å². The van der Waals surface area contributed by atoms with Crippen LogP contribution < -0.4 is 20.4 Å². The molecule has 0 unspecified atom stereocenters. The number of hydrogen-bond donors (Lipinski definition) is 0. The van der Waals surface area contributed by atoms with Gasteiger partial charge in [-0.3, -0.25) is 0 Å². The number of rotatable bonds is 6. The first-order chi connectivity index (χ1) is 7.25. The molecule has 0 heterocycles. The van der Waals surface area contributed by atoms with Gasteiger partial charge in [0.25, 0.3) is 0 Å². The van der Waals surface area contributed by atoms with Crippen molar-refractivity contribution in [3.05, 3.63) is 0 Å². The van der Waals surface area contributed by atoms with Crippen LogP contribution in [0.25, 0.3) is 0 Å². The molecule has 0 saturated carbocycles. The molecule has 8 nitrogen and oxygen atoms in total. The summed E-state index contributed by atoms with van der Waals surface area (Å²) in [5, 5.41) is 38.0.